The van der Waals surface area contributed by atoms with E-state index in [2.05, 4.69) is 12.2 Å². The molecule has 0 spiro atoms. The number of hydrogen-bond donors (Lipinski definition) is 1. The van der Waals surface area contributed by atoms with Gasteiger partial charge in [-0.3, -0.25) is 0 Å². The van der Waals surface area contributed by atoms with Crippen LogP contribution in [0, 0.1) is 0 Å². The second-order valence-corrected chi connectivity index (χ2v) is 3.34. The van der Waals surface area contributed by atoms with Crippen LogP contribution in [0.15, 0.2) is 0 Å². The molecule has 0 amide bonds. The molecule has 0 aliphatic carbocycles. The lowest BCUT2D eigenvalue weighted by Gasteiger charge is -2.29. The summed E-state index contributed by atoms with van der Waals surface area (Å²) in [5.41, 5.74) is 0.184. The maximum Gasteiger partial charge on any atom is 0.0688 e. The molecular formula is C9H19NO. The van der Waals surface area contributed by atoms with Gasteiger partial charge >= 0.3 is 0 Å². The van der Waals surface area contributed by atoms with Crippen molar-refractivity contribution in [3.05, 3.63) is 0 Å². The van der Waals surface area contributed by atoms with E-state index in [1.165, 1.54) is 19.3 Å². The van der Waals surface area contributed by atoms with Gasteiger partial charge in [0.2, 0.25) is 0 Å². The molecule has 1 aliphatic heterocycles. The molecule has 1 N–H and O–H groups in total. The Labute approximate surface area is 69.3 Å². The summed E-state index contributed by atoms with van der Waals surface area (Å²) in [5.74, 6) is 0. The lowest BCUT2D eigenvalue weighted by Crippen LogP contribution is -2.31. The monoisotopic (exact) mass is 157 g/mol. The lowest BCUT2D eigenvalue weighted by atomic mass is 9.92. The van der Waals surface area contributed by atoms with Crippen molar-refractivity contribution < 1.29 is 4.74 Å². The highest BCUT2D eigenvalue weighted by atomic mass is 16.5. The summed E-state index contributed by atoms with van der Waals surface area (Å²) in [6, 6.07) is 0. The Morgan fingerprint density at radius 2 is 2.18 bits per heavy atom. The zero-order valence-electron chi connectivity index (χ0n) is 7.65. The second-order valence-electron chi connectivity index (χ2n) is 3.34. The van der Waals surface area contributed by atoms with Crippen molar-refractivity contribution >= 4 is 0 Å². The summed E-state index contributed by atoms with van der Waals surface area (Å²) >= 11 is 0. The standard InChI is InChI=1S/C9H19NO/c1-3-9(11-2)5-4-7-10-8-6-9/h10H,3-8H2,1-2H3. The minimum absolute atomic E-state index is 0.184. The van der Waals surface area contributed by atoms with E-state index in [9.17, 15) is 0 Å². The largest absolute Gasteiger partial charge is 0.378 e. The van der Waals surface area contributed by atoms with Gasteiger partial charge in [0.05, 0.1) is 5.60 Å². The third-order valence-corrected chi connectivity index (χ3v) is 2.82. The Morgan fingerprint density at radius 1 is 1.36 bits per heavy atom. The average Bonchev–Trinajstić information content (AvgIpc) is 2.30. The summed E-state index contributed by atoms with van der Waals surface area (Å²) < 4.78 is 5.57. The molecule has 0 aromatic rings. The summed E-state index contributed by atoms with van der Waals surface area (Å²) in [7, 11) is 1.84. The molecule has 1 unspecified atom stereocenters. The number of rotatable bonds is 2. The van der Waals surface area contributed by atoms with Gasteiger partial charge in [-0.1, -0.05) is 6.92 Å². The smallest absolute Gasteiger partial charge is 0.0688 e. The fourth-order valence-electron chi connectivity index (χ4n) is 1.80. The molecule has 66 valence electrons. The maximum absolute atomic E-state index is 5.57. The van der Waals surface area contributed by atoms with Gasteiger partial charge in [-0.15, -0.1) is 0 Å². The van der Waals surface area contributed by atoms with Crippen LogP contribution < -0.4 is 5.32 Å². The Bertz CT molecular complexity index is 100. The van der Waals surface area contributed by atoms with Crippen molar-refractivity contribution in [3.63, 3.8) is 0 Å². The number of ether oxygens (including phenoxy) is 1. The van der Waals surface area contributed by atoms with Crippen LogP contribution in [0.1, 0.15) is 32.6 Å². The molecule has 2 heteroatoms. The average molecular weight is 157 g/mol. The van der Waals surface area contributed by atoms with E-state index in [1.807, 2.05) is 7.11 Å². The van der Waals surface area contributed by atoms with Crippen molar-refractivity contribution in [2.75, 3.05) is 20.2 Å². The van der Waals surface area contributed by atoms with Crippen molar-refractivity contribution in [1.29, 1.82) is 0 Å². The first kappa shape index (κ1) is 9.01. The molecule has 2 nitrogen and oxygen atoms in total. The summed E-state index contributed by atoms with van der Waals surface area (Å²) in [4.78, 5) is 0. The molecule has 0 aromatic carbocycles. The van der Waals surface area contributed by atoms with Gasteiger partial charge in [-0.05, 0) is 38.8 Å². The van der Waals surface area contributed by atoms with Gasteiger partial charge in [0, 0.05) is 7.11 Å². The molecule has 0 saturated carbocycles. The van der Waals surface area contributed by atoms with E-state index in [4.69, 9.17) is 4.74 Å². The first-order valence-corrected chi connectivity index (χ1v) is 4.59. The molecule has 0 radical (unpaired) electrons. The van der Waals surface area contributed by atoms with Gasteiger partial charge < -0.3 is 10.1 Å². The fraction of sp³-hybridized carbons (Fsp3) is 1.00. The Hall–Kier alpha value is -0.0800. The van der Waals surface area contributed by atoms with E-state index in [-0.39, 0.29) is 5.60 Å². The van der Waals surface area contributed by atoms with Crippen molar-refractivity contribution in [3.8, 4) is 0 Å². The van der Waals surface area contributed by atoms with Crippen LogP contribution in [0.25, 0.3) is 0 Å². The summed E-state index contributed by atoms with van der Waals surface area (Å²) in [6.45, 7) is 4.49. The van der Waals surface area contributed by atoms with Crippen LogP contribution in [0.4, 0.5) is 0 Å². The first-order chi connectivity index (χ1) is 5.33. The second kappa shape index (κ2) is 4.07. The molecule has 11 heavy (non-hydrogen) atoms. The summed E-state index contributed by atoms with van der Waals surface area (Å²) in [6.07, 6.45) is 4.78. The molecular weight excluding hydrogens is 138 g/mol. The quantitative estimate of drug-likeness (QED) is 0.656. The number of hydrogen-bond acceptors (Lipinski definition) is 2. The normalized spacial score (nSPS) is 33.3. The highest BCUT2D eigenvalue weighted by molar-refractivity contribution is 4.82. The molecule has 1 saturated heterocycles. The summed E-state index contributed by atoms with van der Waals surface area (Å²) in [5, 5.41) is 3.39. The zero-order chi connectivity index (χ0) is 8.16. The van der Waals surface area contributed by atoms with Gasteiger partial charge in [0.15, 0.2) is 0 Å². The Balaban J connectivity index is 2.49. The van der Waals surface area contributed by atoms with Crippen LogP contribution in [-0.2, 0) is 4.74 Å². The predicted molar refractivity (Wildman–Crippen MR) is 46.8 cm³/mol. The topological polar surface area (TPSA) is 21.3 Å². The predicted octanol–water partition coefficient (Wildman–Crippen LogP) is 1.56. The minimum atomic E-state index is 0.184. The van der Waals surface area contributed by atoms with Crippen LogP contribution in [0.2, 0.25) is 0 Å². The molecule has 1 rings (SSSR count). The van der Waals surface area contributed by atoms with Crippen molar-refractivity contribution in [1.82, 2.24) is 5.32 Å². The van der Waals surface area contributed by atoms with E-state index < -0.39 is 0 Å². The van der Waals surface area contributed by atoms with E-state index in [1.54, 1.807) is 0 Å². The number of methoxy groups -OCH3 is 1. The lowest BCUT2D eigenvalue weighted by molar-refractivity contribution is -0.0230. The molecule has 1 fully saturated rings. The maximum atomic E-state index is 5.57. The highest BCUT2D eigenvalue weighted by Crippen LogP contribution is 2.26. The molecule has 1 aliphatic rings. The van der Waals surface area contributed by atoms with Gasteiger partial charge in [0.1, 0.15) is 0 Å². The minimum Gasteiger partial charge on any atom is -0.378 e. The third kappa shape index (κ3) is 2.17. The Kier molecular flexibility index (Phi) is 3.34. The van der Waals surface area contributed by atoms with E-state index >= 15 is 0 Å². The third-order valence-electron chi connectivity index (χ3n) is 2.82. The van der Waals surface area contributed by atoms with E-state index in [0.717, 1.165) is 19.5 Å². The fourth-order valence-corrected chi connectivity index (χ4v) is 1.80. The first-order valence-electron chi connectivity index (χ1n) is 4.59. The van der Waals surface area contributed by atoms with Gasteiger partial charge in [-0.2, -0.15) is 0 Å². The molecule has 0 bridgehead atoms. The van der Waals surface area contributed by atoms with Crippen LogP contribution in [-0.4, -0.2) is 25.8 Å². The van der Waals surface area contributed by atoms with Gasteiger partial charge in [-0.25, -0.2) is 0 Å². The van der Waals surface area contributed by atoms with Crippen LogP contribution in [0.5, 0.6) is 0 Å². The zero-order valence-corrected chi connectivity index (χ0v) is 7.65. The number of nitrogens with one attached hydrogen (secondary N) is 1. The molecule has 0 aromatic heterocycles. The highest BCUT2D eigenvalue weighted by Gasteiger charge is 2.27. The Morgan fingerprint density at radius 3 is 2.82 bits per heavy atom. The SMILES string of the molecule is CCC1(OC)CCCNCC1. The van der Waals surface area contributed by atoms with Crippen molar-refractivity contribution in [2.45, 2.75) is 38.2 Å². The van der Waals surface area contributed by atoms with Crippen LogP contribution >= 0.6 is 0 Å². The van der Waals surface area contributed by atoms with E-state index in [0.29, 0.717) is 0 Å². The van der Waals surface area contributed by atoms with Gasteiger partial charge in [0.25, 0.3) is 0 Å². The molecule has 1 heterocycles. The molecule has 1 atom stereocenters. The van der Waals surface area contributed by atoms with Crippen LogP contribution in [0.3, 0.4) is 0 Å². The van der Waals surface area contributed by atoms with Crippen molar-refractivity contribution in [2.24, 2.45) is 0 Å².